The van der Waals surface area contributed by atoms with Crippen molar-refractivity contribution in [3.05, 3.63) is 60.7 Å². The summed E-state index contributed by atoms with van der Waals surface area (Å²) in [5.74, 6) is 0. The van der Waals surface area contributed by atoms with E-state index in [2.05, 4.69) is 16.8 Å². The summed E-state index contributed by atoms with van der Waals surface area (Å²) < 4.78 is 25.2. The predicted octanol–water partition coefficient (Wildman–Crippen LogP) is 3.04. The molecule has 1 N–H and O–H groups in total. The van der Waals surface area contributed by atoms with E-state index in [1.54, 1.807) is 48.5 Å². The third-order valence-electron chi connectivity index (χ3n) is 3.12. The molecule has 0 aliphatic carbocycles. The van der Waals surface area contributed by atoms with Gasteiger partial charge in [0.05, 0.1) is 10.4 Å². The Morgan fingerprint density at radius 3 is 2.50 bits per heavy atom. The number of fused-ring (bicyclic) bond motifs is 1. The van der Waals surface area contributed by atoms with Crippen molar-refractivity contribution in [2.24, 2.45) is 0 Å². The van der Waals surface area contributed by atoms with Crippen LogP contribution >= 0.6 is 0 Å². The molecule has 0 amide bonds. The molecule has 0 aliphatic rings. The van der Waals surface area contributed by atoms with Crippen LogP contribution in [0.3, 0.4) is 0 Å². The maximum Gasteiger partial charge on any atom is 0.226 e. The molecule has 4 nitrogen and oxygen atoms in total. The SMILES string of the molecule is C=Cc1cccc2c(S(=O)(=O)c3ccccc3)n[nH]c12. The summed E-state index contributed by atoms with van der Waals surface area (Å²) in [6.07, 6.45) is 1.67. The number of sulfone groups is 1. The summed E-state index contributed by atoms with van der Waals surface area (Å²) in [6, 6.07) is 13.7. The fourth-order valence-electron chi connectivity index (χ4n) is 2.13. The average molecular weight is 284 g/mol. The van der Waals surface area contributed by atoms with E-state index < -0.39 is 9.84 Å². The maximum atomic E-state index is 12.6. The van der Waals surface area contributed by atoms with Crippen LogP contribution in [0.25, 0.3) is 17.0 Å². The highest BCUT2D eigenvalue weighted by Crippen LogP contribution is 2.27. The normalized spacial score (nSPS) is 11.6. The van der Waals surface area contributed by atoms with Crippen LogP contribution in [0.4, 0.5) is 0 Å². The van der Waals surface area contributed by atoms with E-state index >= 15 is 0 Å². The van der Waals surface area contributed by atoms with Gasteiger partial charge in [-0.1, -0.05) is 43.0 Å². The van der Waals surface area contributed by atoms with Gasteiger partial charge in [0.1, 0.15) is 0 Å². The number of nitrogens with zero attached hydrogens (tertiary/aromatic N) is 1. The molecule has 0 atom stereocenters. The molecule has 5 heteroatoms. The number of hydrogen-bond donors (Lipinski definition) is 1. The third-order valence-corrected chi connectivity index (χ3v) is 4.84. The molecule has 0 fully saturated rings. The first-order valence-corrected chi connectivity index (χ1v) is 7.52. The highest BCUT2D eigenvalue weighted by molar-refractivity contribution is 7.91. The van der Waals surface area contributed by atoms with Crippen molar-refractivity contribution in [3.8, 4) is 0 Å². The van der Waals surface area contributed by atoms with Gasteiger partial charge in [0.15, 0.2) is 5.03 Å². The second-order valence-electron chi connectivity index (χ2n) is 4.32. The predicted molar refractivity (Wildman–Crippen MR) is 78.1 cm³/mol. The van der Waals surface area contributed by atoms with Gasteiger partial charge in [0, 0.05) is 5.39 Å². The lowest BCUT2D eigenvalue weighted by Gasteiger charge is -2.01. The Bertz CT molecular complexity index is 881. The minimum atomic E-state index is -3.62. The van der Waals surface area contributed by atoms with Gasteiger partial charge in [-0.05, 0) is 23.8 Å². The first-order chi connectivity index (χ1) is 9.64. The highest BCUT2D eigenvalue weighted by Gasteiger charge is 2.23. The van der Waals surface area contributed by atoms with Gasteiger partial charge in [-0.15, -0.1) is 0 Å². The van der Waals surface area contributed by atoms with Crippen LogP contribution in [0, 0.1) is 0 Å². The molecule has 0 saturated carbocycles. The van der Waals surface area contributed by atoms with Gasteiger partial charge in [-0.25, -0.2) is 8.42 Å². The van der Waals surface area contributed by atoms with Crippen LogP contribution in [0.2, 0.25) is 0 Å². The Labute approximate surface area is 116 Å². The number of para-hydroxylation sites is 1. The van der Waals surface area contributed by atoms with E-state index in [0.717, 1.165) is 5.56 Å². The molecular formula is C15H12N2O2S. The van der Waals surface area contributed by atoms with Crippen LogP contribution < -0.4 is 0 Å². The number of aromatic nitrogens is 2. The summed E-state index contributed by atoms with van der Waals surface area (Å²) in [5.41, 5.74) is 1.50. The fraction of sp³-hybridized carbons (Fsp3) is 0. The van der Waals surface area contributed by atoms with Gasteiger partial charge in [0.2, 0.25) is 9.84 Å². The number of rotatable bonds is 3. The first kappa shape index (κ1) is 12.6. The summed E-state index contributed by atoms with van der Waals surface area (Å²) in [6.45, 7) is 3.71. The molecule has 0 radical (unpaired) electrons. The summed E-state index contributed by atoms with van der Waals surface area (Å²) in [4.78, 5) is 0.234. The minimum Gasteiger partial charge on any atom is -0.276 e. The smallest absolute Gasteiger partial charge is 0.226 e. The van der Waals surface area contributed by atoms with Crippen molar-refractivity contribution < 1.29 is 8.42 Å². The number of H-pyrrole nitrogens is 1. The zero-order chi connectivity index (χ0) is 14.2. The van der Waals surface area contributed by atoms with Crippen molar-refractivity contribution in [2.45, 2.75) is 9.92 Å². The van der Waals surface area contributed by atoms with Gasteiger partial charge in [0.25, 0.3) is 0 Å². The average Bonchev–Trinajstić information content (AvgIpc) is 2.92. The molecule has 100 valence electrons. The molecule has 0 saturated heterocycles. The molecule has 1 aromatic heterocycles. The Morgan fingerprint density at radius 2 is 1.80 bits per heavy atom. The van der Waals surface area contributed by atoms with Crippen molar-refractivity contribution in [3.63, 3.8) is 0 Å². The molecule has 20 heavy (non-hydrogen) atoms. The summed E-state index contributed by atoms with van der Waals surface area (Å²) in [5, 5.41) is 7.39. The zero-order valence-electron chi connectivity index (χ0n) is 10.6. The van der Waals surface area contributed by atoms with Crippen LogP contribution in [0.15, 0.2) is 65.0 Å². The van der Waals surface area contributed by atoms with E-state index in [9.17, 15) is 8.42 Å². The second kappa shape index (κ2) is 4.61. The fourth-order valence-corrected chi connectivity index (χ4v) is 3.49. The van der Waals surface area contributed by atoms with Gasteiger partial charge in [-0.3, -0.25) is 5.10 Å². The second-order valence-corrected chi connectivity index (χ2v) is 6.18. The van der Waals surface area contributed by atoms with Crippen molar-refractivity contribution in [1.29, 1.82) is 0 Å². The first-order valence-electron chi connectivity index (χ1n) is 6.04. The Hall–Kier alpha value is -2.40. The number of nitrogens with one attached hydrogen (secondary N) is 1. The lowest BCUT2D eigenvalue weighted by atomic mass is 10.1. The van der Waals surface area contributed by atoms with E-state index in [0.29, 0.717) is 10.9 Å². The molecule has 0 bridgehead atoms. The van der Waals surface area contributed by atoms with E-state index in [1.165, 1.54) is 0 Å². The molecule has 0 spiro atoms. The molecule has 3 aromatic rings. The quantitative estimate of drug-likeness (QED) is 0.804. The lowest BCUT2D eigenvalue weighted by Crippen LogP contribution is -2.02. The molecule has 0 aliphatic heterocycles. The highest BCUT2D eigenvalue weighted by atomic mass is 32.2. The lowest BCUT2D eigenvalue weighted by molar-refractivity contribution is 0.593. The van der Waals surface area contributed by atoms with E-state index in [4.69, 9.17) is 0 Å². The largest absolute Gasteiger partial charge is 0.276 e. The monoisotopic (exact) mass is 284 g/mol. The third kappa shape index (κ3) is 1.83. The maximum absolute atomic E-state index is 12.6. The Morgan fingerprint density at radius 1 is 1.05 bits per heavy atom. The number of hydrogen-bond acceptors (Lipinski definition) is 3. The van der Waals surface area contributed by atoms with Crippen molar-refractivity contribution >= 4 is 26.8 Å². The van der Waals surface area contributed by atoms with Crippen molar-refractivity contribution in [1.82, 2.24) is 10.2 Å². The van der Waals surface area contributed by atoms with Crippen LogP contribution in [0.1, 0.15) is 5.56 Å². The van der Waals surface area contributed by atoms with Gasteiger partial charge in [-0.2, -0.15) is 5.10 Å². The molecule has 2 aromatic carbocycles. The van der Waals surface area contributed by atoms with Gasteiger partial charge < -0.3 is 0 Å². The molecule has 0 unspecified atom stereocenters. The zero-order valence-corrected chi connectivity index (χ0v) is 11.4. The Balaban J connectivity index is 2.29. The minimum absolute atomic E-state index is 0.0439. The van der Waals surface area contributed by atoms with E-state index in [-0.39, 0.29) is 9.92 Å². The van der Waals surface area contributed by atoms with Gasteiger partial charge >= 0.3 is 0 Å². The van der Waals surface area contributed by atoms with Crippen LogP contribution in [-0.4, -0.2) is 18.6 Å². The Kier molecular flexibility index (Phi) is 2.91. The molecular weight excluding hydrogens is 272 g/mol. The summed E-state index contributed by atoms with van der Waals surface area (Å²) in [7, 11) is -3.62. The number of benzene rings is 2. The molecule has 3 rings (SSSR count). The topological polar surface area (TPSA) is 62.8 Å². The summed E-state index contributed by atoms with van der Waals surface area (Å²) >= 11 is 0. The van der Waals surface area contributed by atoms with Crippen LogP contribution in [-0.2, 0) is 9.84 Å². The standard InChI is InChI=1S/C15H12N2O2S/c1-2-11-7-6-10-13-14(11)16-17-15(13)20(18,19)12-8-4-3-5-9-12/h2-10H,1H2,(H,16,17). The molecule has 1 heterocycles. The van der Waals surface area contributed by atoms with E-state index in [1.807, 2.05) is 6.07 Å². The van der Waals surface area contributed by atoms with Crippen molar-refractivity contribution in [2.75, 3.05) is 0 Å². The van der Waals surface area contributed by atoms with Crippen LogP contribution in [0.5, 0.6) is 0 Å². The number of aromatic amines is 1.